The van der Waals surface area contributed by atoms with Gasteiger partial charge in [0.05, 0.1) is 0 Å². The lowest BCUT2D eigenvalue weighted by Crippen LogP contribution is -2.47. The zero-order valence-electron chi connectivity index (χ0n) is 13.5. The predicted molar refractivity (Wildman–Crippen MR) is 83.9 cm³/mol. The predicted octanol–water partition coefficient (Wildman–Crippen LogP) is 2.06. The third-order valence-corrected chi connectivity index (χ3v) is 2.91. The van der Waals surface area contributed by atoms with E-state index in [9.17, 15) is 14.7 Å². The highest BCUT2D eigenvalue weighted by Gasteiger charge is 2.33. The molecule has 0 bridgehead atoms. The number of halogens is 1. The minimum Gasteiger partial charge on any atom is -0.448 e. The fourth-order valence-electron chi connectivity index (χ4n) is 1.83. The Morgan fingerprint density at radius 2 is 2.09 bits per heavy atom. The van der Waals surface area contributed by atoms with Crippen LogP contribution in [0.15, 0.2) is 18.3 Å². The first kappa shape index (κ1) is 19.2. The fraction of sp³-hybridized carbons (Fsp3) is 0.533. The molecule has 2 unspecified atom stereocenters. The maximum atomic E-state index is 12.0. The second-order valence-electron chi connectivity index (χ2n) is 5.82. The Labute approximate surface area is 139 Å². The summed E-state index contributed by atoms with van der Waals surface area (Å²) < 4.78 is 9.79. The summed E-state index contributed by atoms with van der Waals surface area (Å²) in [5.41, 5.74) is 0.162. The van der Waals surface area contributed by atoms with Crippen molar-refractivity contribution in [1.29, 1.82) is 0 Å². The van der Waals surface area contributed by atoms with E-state index in [2.05, 4.69) is 10.3 Å². The highest BCUT2D eigenvalue weighted by atomic mass is 35.5. The topological polar surface area (TPSA) is 97.8 Å². The van der Waals surface area contributed by atoms with E-state index < -0.39 is 35.9 Å². The molecule has 2 N–H and O–H groups in total. The van der Waals surface area contributed by atoms with Gasteiger partial charge in [-0.3, -0.25) is 4.98 Å². The normalized spacial score (nSPS) is 13.8. The molecule has 0 aliphatic rings. The number of alkyl halides is 1. The summed E-state index contributed by atoms with van der Waals surface area (Å²) in [7, 11) is 0. The number of nitrogens with one attached hydrogen (secondary N) is 1. The third kappa shape index (κ3) is 6.03. The number of ether oxygens (including phenoxy) is 2. The zero-order chi connectivity index (χ0) is 17.6. The number of rotatable bonds is 5. The van der Waals surface area contributed by atoms with E-state index in [1.54, 1.807) is 46.0 Å². The second kappa shape index (κ2) is 8.12. The third-order valence-electron chi connectivity index (χ3n) is 2.81. The molecule has 0 aliphatic heterocycles. The molecule has 23 heavy (non-hydrogen) atoms. The highest BCUT2D eigenvalue weighted by Crippen LogP contribution is 2.21. The van der Waals surface area contributed by atoms with Crippen LogP contribution < -0.4 is 5.32 Å². The van der Waals surface area contributed by atoms with Gasteiger partial charge in [-0.05, 0) is 33.8 Å². The summed E-state index contributed by atoms with van der Waals surface area (Å²) in [6, 6.07) is 1.45. The van der Waals surface area contributed by atoms with Crippen LogP contribution in [0.25, 0.3) is 0 Å². The van der Waals surface area contributed by atoms with Crippen LogP contribution in [-0.4, -0.2) is 39.9 Å². The Hall–Kier alpha value is -1.86. The van der Waals surface area contributed by atoms with E-state index in [1.807, 2.05) is 0 Å². The Morgan fingerprint density at radius 3 is 2.61 bits per heavy atom. The quantitative estimate of drug-likeness (QED) is 0.626. The van der Waals surface area contributed by atoms with Crippen molar-refractivity contribution in [2.45, 2.75) is 45.4 Å². The van der Waals surface area contributed by atoms with Gasteiger partial charge < -0.3 is 19.9 Å². The van der Waals surface area contributed by atoms with Crippen LogP contribution >= 0.6 is 11.6 Å². The molecule has 1 aromatic heterocycles. The van der Waals surface area contributed by atoms with Gasteiger partial charge in [-0.2, -0.15) is 0 Å². The van der Waals surface area contributed by atoms with Gasteiger partial charge in [-0.15, -0.1) is 0 Å². The maximum Gasteiger partial charge on any atom is 0.408 e. The highest BCUT2D eigenvalue weighted by molar-refractivity contribution is 6.17. The number of aryl methyl sites for hydroxylation is 1. The van der Waals surface area contributed by atoms with Gasteiger partial charge in [-0.25, -0.2) is 9.59 Å². The summed E-state index contributed by atoms with van der Waals surface area (Å²) in [5.74, 6) is -0.874. The monoisotopic (exact) mass is 344 g/mol. The number of carbonyl (C=O) groups is 2. The van der Waals surface area contributed by atoms with Crippen LogP contribution in [0, 0.1) is 6.92 Å². The number of aliphatic hydroxyl groups is 1. The number of pyridine rings is 1. The second-order valence-corrected chi connectivity index (χ2v) is 6.04. The lowest BCUT2D eigenvalue weighted by Gasteiger charge is -2.25. The van der Waals surface area contributed by atoms with Crippen LogP contribution in [-0.2, 0) is 14.3 Å². The first-order valence-corrected chi connectivity index (χ1v) is 7.51. The van der Waals surface area contributed by atoms with Crippen LogP contribution in [0.1, 0.15) is 38.1 Å². The number of nitrogens with zero attached hydrogens (tertiary/aromatic N) is 1. The number of aliphatic hydroxyl groups excluding tert-OH is 1. The fourth-order valence-corrected chi connectivity index (χ4v) is 1.94. The summed E-state index contributed by atoms with van der Waals surface area (Å²) in [5, 5.41) is 12.8. The van der Waals surface area contributed by atoms with E-state index in [-0.39, 0.29) is 0 Å². The van der Waals surface area contributed by atoms with Crippen LogP contribution in [0.5, 0.6) is 0 Å². The number of aromatic nitrogens is 1. The first-order chi connectivity index (χ1) is 10.7. The van der Waals surface area contributed by atoms with Crippen molar-refractivity contribution >= 4 is 23.7 Å². The molecule has 0 aromatic carbocycles. The van der Waals surface area contributed by atoms with Crippen molar-refractivity contribution in [2.75, 3.05) is 6.07 Å². The van der Waals surface area contributed by atoms with Crippen LogP contribution in [0.4, 0.5) is 4.79 Å². The minimum absolute atomic E-state index is 0.389. The van der Waals surface area contributed by atoms with Gasteiger partial charge in [0, 0.05) is 17.5 Å². The van der Waals surface area contributed by atoms with Gasteiger partial charge in [0.2, 0.25) is 0 Å². The Kier molecular flexibility index (Phi) is 6.78. The Bertz CT molecular complexity index is 559. The van der Waals surface area contributed by atoms with Gasteiger partial charge in [0.25, 0.3) is 0 Å². The molecule has 0 spiro atoms. The number of hydrogen-bond acceptors (Lipinski definition) is 6. The van der Waals surface area contributed by atoms with Crippen molar-refractivity contribution in [1.82, 2.24) is 10.3 Å². The van der Waals surface area contributed by atoms with Crippen molar-refractivity contribution in [3.05, 3.63) is 29.6 Å². The van der Waals surface area contributed by atoms with Gasteiger partial charge in [0.1, 0.15) is 11.7 Å². The number of amides is 1. The molecule has 8 heteroatoms. The average molecular weight is 345 g/mol. The number of alkyl carbamates (subject to hydrolysis) is 1. The molecule has 0 saturated carbocycles. The average Bonchev–Trinajstić information content (AvgIpc) is 2.43. The lowest BCUT2D eigenvalue weighted by molar-refractivity contribution is -0.147. The molecule has 0 saturated heterocycles. The molecular formula is C15H21ClN2O5. The molecular weight excluding hydrogens is 324 g/mol. The van der Waals surface area contributed by atoms with Gasteiger partial charge >= 0.3 is 12.1 Å². The molecule has 0 radical (unpaired) electrons. The summed E-state index contributed by atoms with van der Waals surface area (Å²) in [6.45, 7) is 6.72. The summed E-state index contributed by atoms with van der Waals surface area (Å²) in [4.78, 5) is 28.0. The largest absolute Gasteiger partial charge is 0.448 e. The Morgan fingerprint density at radius 1 is 1.43 bits per heavy atom. The molecule has 1 heterocycles. The maximum absolute atomic E-state index is 12.0. The van der Waals surface area contributed by atoms with E-state index in [1.165, 1.54) is 0 Å². The number of esters is 1. The van der Waals surface area contributed by atoms with Crippen molar-refractivity contribution in [3.8, 4) is 0 Å². The standard InChI is InChI=1S/C15H21ClN2O5/c1-9-10(6-5-7-17-9)12(19)11(13(20)22-8-16)18-14(21)23-15(2,3)4/h5-7,11-12,19H,8H2,1-4H3,(H,18,21). The smallest absolute Gasteiger partial charge is 0.408 e. The van der Waals surface area contributed by atoms with Crippen molar-refractivity contribution in [3.63, 3.8) is 0 Å². The summed E-state index contributed by atoms with van der Waals surface area (Å²) in [6.07, 6.45) is -0.652. The minimum atomic E-state index is -1.37. The molecule has 128 valence electrons. The molecule has 1 amide bonds. The molecule has 0 fully saturated rings. The van der Waals surface area contributed by atoms with Crippen molar-refractivity contribution in [2.24, 2.45) is 0 Å². The number of hydrogen-bond donors (Lipinski definition) is 2. The van der Waals surface area contributed by atoms with Crippen molar-refractivity contribution < 1.29 is 24.2 Å². The van der Waals surface area contributed by atoms with Crippen LogP contribution in [0.3, 0.4) is 0 Å². The first-order valence-electron chi connectivity index (χ1n) is 6.97. The summed E-state index contributed by atoms with van der Waals surface area (Å²) >= 11 is 5.38. The van der Waals surface area contributed by atoms with E-state index >= 15 is 0 Å². The van der Waals surface area contributed by atoms with Crippen LogP contribution in [0.2, 0.25) is 0 Å². The molecule has 1 aromatic rings. The number of carbonyl (C=O) groups excluding carboxylic acids is 2. The molecule has 0 aliphatic carbocycles. The van der Waals surface area contributed by atoms with Gasteiger partial charge in [-0.1, -0.05) is 17.7 Å². The van der Waals surface area contributed by atoms with Gasteiger partial charge in [0.15, 0.2) is 12.1 Å². The molecule has 1 rings (SSSR count). The van der Waals surface area contributed by atoms with E-state index in [0.29, 0.717) is 11.3 Å². The lowest BCUT2D eigenvalue weighted by atomic mass is 10.0. The molecule has 2 atom stereocenters. The Balaban J connectivity index is 2.99. The van der Waals surface area contributed by atoms with E-state index in [4.69, 9.17) is 21.1 Å². The molecule has 7 nitrogen and oxygen atoms in total. The van der Waals surface area contributed by atoms with E-state index in [0.717, 1.165) is 0 Å². The zero-order valence-corrected chi connectivity index (χ0v) is 14.3. The SMILES string of the molecule is Cc1ncccc1C(O)C(NC(=O)OC(C)(C)C)C(=O)OCCl.